The number of hydrogen-bond acceptors (Lipinski definition) is 7. The lowest BCUT2D eigenvalue weighted by Gasteiger charge is -2.35. The lowest BCUT2D eigenvalue weighted by Crippen LogP contribution is -2.51. The van der Waals surface area contributed by atoms with E-state index >= 15 is 0 Å². The van der Waals surface area contributed by atoms with Crippen LogP contribution >= 0.6 is 11.3 Å². The van der Waals surface area contributed by atoms with Crippen LogP contribution in [0.5, 0.6) is 0 Å². The second-order valence-corrected chi connectivity index (χ2v) is 8.40. The molecule has 0 spiro atoms. The Morgan fingerprint density at radius 1 is 1.31 bits per heavy atom. The summed E-state index contributed by atoms with van der Waals surface area (Å²) in [7, 11) is 0. The molecule has 8 heteroatoms. The molecule has 0 bridgehead atoms. The van der Waals surface area contributed by atoms with Gasteiger partial charge in [0.1, 0.15) is 0 Å². The summed E-state index contributed by atoms with van der Waals surface area (Å²) in [6, 6.07) is 0. The first kappa shape index (κ1) is 19.5. The number of piperazine rings is 1. The molecule has 1 unspecified atom stereocenters. The predicted molar refractivity (Wildman–Crippen MR) is 105 cm³/mol. The van der Waals surface area contributed by atoms with Gasteiger partial charge in [0.25, 0.3) is 0 Å². The lowest BCUT2D eigenvalue weighted by atomic mass is 10.2. The molecule has 26 heavy (non-hydrogen) atoms. The highest BCUT2D eigenvalue weighted by Gasteiger charge is 2.23. The average molecular weight is 382 g/mol. The molecular weight excluding hydrogens is 350 g/mol. The number of ether oxygens (including phenoxy) is 1. The zero-order valence-corrected chi connectivity index (χ0v) is 16.7. The van der Waals surface area contributed by atoms with Crippen LogP contribution in [0.1, 0.15) is 13.8 Å². The molecule has 0 aromatic carbocycles. The van der Waals surface area contributed by atoms with E-state index in [1.807, 2.05) is 11.6 Å². The van der Waals surface area contributed by atoms with Crippen LogP contribution in [0.25, 0.3) is 0 Å². The second kappa shape index (κ2) is 9.64. The molecule has 2 aliphatic rings. The zero-order chi connectivity index (χ0) is 18.4. The number of aromatic nitrogens is 1. The minimum Gasteiger partial charge on any atom is -0.374 e. The molecule has 0 radical (unpaired) electrons. The Labute approximate surface area is 160 Å². The fourth-order valence-corrected chi connectivity index (χ4v) is 4.24. The maximum Gasteiger partial charge on any atom is 0.234 e. The molecule has 1 N–H and O–H groups in total. The van der Waals surface area contributed by atoms with E-state index in [2.05, 4.69) is 38.8 Å². The van der Waals surface area contributed by atoms with E-state index in [9.17, 15) is 4.79 Å². The van der Waals surface area contributed by atoms with Gasteiger partial charge in [-0.1, -0.05) is 13.8 Å². The molecule has 3 heterocycles. The average Bonchev–Trinajstić information content (AvgIpc) is 3.15. The van der Waals surface area contributed by atoms with Crippen LogP contribution in [0.2, 0.25) is 0 Å². The van der Waals surface area contributed by atoms with E-state index in [-0.39, 0.29) is 12.0 Å². The Kier molecular flexibility index (Phi) is 7.24. The van der Waals surface area contributed by atoms with E-state index in [0.29, 0.717) is 19.0 Å². The van der Waals surface area contributed by atoms with Gasteiger partial charge in [0, 0.05) is 63.9 Å². The minimum absolute atomic E-state index is 0.0947. The Morgan fingerprint density at radius 3 is 2.81 bits per heavy atom. The largest absolute Gasteiger partial charge is 0.374 e. The highest BCUT2D eigenvalue weighted by molar-refractivity contribution is 7.13. The summed E-state index contributed by atoms with van der Waals surface area (Å²) in [4.78, 5) is 23.6. The fourth-order valence-electron chi connectivity index (χ4n) is 3.54. The van der Waals surface area contributed by atoms with Gasteiger partial charge in [-0.3, -0.25) is 14.6 Å². The highest BCUT2D eigenvalue weighted by Crippen LogP contribution is 2.18. The standard InChI is InChI=1S/C18H31N5O2S/c1-15(2)12-22-8-9-25-16(13-22)11-20-17(24)14-21-4-6-23(7-5-21)18-19-3-10-26-18/h3,10,15-16H,4-9,11-14H2,1-2H3,(H,20,24). The van der Waals surface area contributed by atoms with Crippen molar-refractivity contribution in [3.63, 3.8) is 0 Å². The first-order valence-electron chi connectivity index (χ1n) is 9.57. The summed E-state index contributed by atoms with van der Waals surface area (Å²) >= 11 is 1.67. The van der Waals surface area contributed by atoms with E-state index in [1.165, 1.54) is 0 Å². The number of rotatable bonds is 7. The third kappa shape index (κ3) is 5.90. The van der Waals surface area contributed by atoms with E-state index in [0.717, 1.165) is 57.6 Å². The molecule has 2 aliphatic heterocycles. The summed E-state index contributed by atoms with van der Waals surface area (Å²) in [5.74, 6) is 0.753. The summed E-state index contributed by atoms with van der Waals surface area (Å²) < 4.78 is 5.80. The summed E-state index contributed by atoms with van der Waals surface area (Å²) in [6.07, 6.45) is 1.95. The normalized spacial score (nSPS) is 22.7. The number of nitrogens with one attached hydrogen (secondary N) is 1. The van der Waals surface area contributed by atoms with Crippen LogP contribution in [-0.4, -0.2) is 92.3 Å². The van der Waals surface area contributed by atoms with Crippen molar-refractivity contribution in [3.8, 4) is 0 Å². The van der Waals surface area contributed by atoms with Gasteiger partial charge in [-0.15, -0.1) is 11.3 Å². The van der Waals surface area contributed by atoms with Crippen molar-refractivity contribution in [2.75, 3.05) is 70.4 Å². The zero-order valence-electron chi connectivity index (χ0n) is 15.9. The van der Waals surface area contributed by atoms with Gasteiger partial charge in [-0.05, 0) is 5.92 Å². The number of thiazole rings is 1. The molecule has 7 nitrogen and oxygen atoms in total. The van der Waals surface area contributed by atoms with E-state index < -0.39 is 0 Å². The van der Waals surface area contributed by atoms with Gasteiger partial charge < -0.3 is 15.0 Å². The molecular formula is C18H31N5O2S. The molecule has 1 aromatic rings. The monoisotopic (exact) mass is 381 g/mol. The van der Waals surface area contributed by atoms with Gasteiger partial charge in [0.15, 0.2) is 5.13 Å². The highest BCUT2D eigenvalue weighted by atomic mass is 32.1. The molecule has 1 amide bonds. The fraction of sp³-hybridized carbons (Fsp3) is 0.778. The van der Waals surface area contributed by atoms with Crippen molar-refractivity contribution in [2.24, 2.45) is 5.92 Å². The lowest BCUT2D eigenvalue weighted by molar-refractivity contribution is -0.123. The quantitative estimate of drug-likeness (QED) is 0.752. The maximum absolute atomic E-state index is 12.3. The Bertz CT molecular complexity index is 546. The topological polar surface area (TPSA) is 60.9 Å². The Morgan fingerprint density at radius 2 is 2.12 bits per heavy atom. The summed E-state index contributed by atoms with van der Waals surface area (Å²) in [6.45, 7) is 12.9. The van der Waals surface area contributed by atoms with Crippen LogP contribution in [0, 0.1) is 5.92 Å². The number of carbonyl (C=O) groups is 1. The number of amides is 1. The molecule has 3 rings (SSSR count). The number of carbonyl (C=O) groups excluding carboxylic acids is 1. The SMILES string of the molecule is CC(C)CN1CCOC(CNC(=O)CN2CCN(c3nccs3)CC2)C1. The van der Waals surface area contributed by atoms with Crippen molar-refractivity contribution >= 4 is 22.4 Å². The number of hydrogen-bond donors (Lipinski definition) is 1. The number of anilines is 1. The van der Waals surface area contributed by atoms with E-state index in [4.69, 9.17) is 4.74 Å². The maximum atomic E-state index is 12.3. The third-order valence-electron chi connectivity index (χ3n) is 4.80. The molecule has 2 fully saturated rings. The Balaban J connectivity index is 1.33. The number of morpholine rings is 1. The van der Waals surface area contributed by atoms with Crippen molar-refractivity contribution in [2.45, 2.75) is 20.0 Å². The molecule has 2 saturated heterocycles. The first-order chi connectivity index (χ1) is 12.6. The Hall–Kier alpha value is -1.22. The summed E-state index contributed by atoms with van der Waals surface area (Å²) in [5.41, 5.74) is 0. The third-order valence-corrected chi connectivity index (χ3v) is 5.63. The van der Waals surface area contributed by atoms with Crippen molar-refractivity contribution in [1.82, 2.24) is 20.1 Å². The van der Waals surface area contributed by atoms with Crippen molar-refractivity contribution in [1.29, 1.82) is 0 Å². The van der Waals surface area contributed by atoms with E-state index in [1.54, 1.807) is 11.3 Å². The van der Waals surface area contributed by atoms with Crippen LogP contribution in [0.4, 0.5) is 5.13 Å². The van der Waals surface area contributed by atoms with Gasteiger partial charge in [-0.2, -0.15) is 0 Å². The van der Waals surface area contributed by atoms with Crippen molar-refractivity contribution in [3.05, 3.63) is 11.6 Å². The molecule has 146 valence electrons. The van der Waals surface area contributed by atoms with Gasteiger partial charge in [0.2, 0.25) is 5.91 Å². The molecule has 0 saturated carbocycles. The van der Waals surface area contributed by atoms with Crippen LogP contribution in [0.15, 0.2) is 11.6 Å². The summed E-state index contributed by atoms with van der Waals surface area (Å²) in [5, 5.41) is 6.14. The van der Waals surface area contributed by atoms with Gasteiger partial charge in [-0.25, -0.2) is 4.98 Å². The minimum atomic E-state index is 0.0947. The van der Waals surface area contributed by atoms with Crippen molar-refractivity contribution < 1.29 is 9.53 Å². The van der Waals surface area contributed by atoms with Crippen LogP contribution < -0.4 is 10.2 Å². The van der Waals surface area contributed by atoms with Gasteiger partial charge >= 0.3 is 0 Å². The molecule has 0 aliphatic carbocycles. The first-order valence-corrected chi connectivity index (χ1v) is 10.5. The smallest absolute Gasteiger partial charge is 0.234 e. The van der Waals surface area contributed by atoms with Crippen LogP contribution in [0.3, 0.4) is 0 Å². The predicted octanol–water partition coefficient (Wildman–Crippen LogP) is 0.738. The van der Waals surface area contributed by atoms with Gasteiger partial charge in [0.05, 0.1) is 19.3 Å². The van der Waals surface area contributed by atoms with Crippen LogP contribution in [-0.2, 0) is 9.53 Å². The second-order valence-electron chi connectivity index (χ2n) is 7.53. The molecule has 1 aromatic heterocycles. The molecule has 1 atom stereocenters. The number of nitrogens with zero attached hydrogens (tertiary/aromatic N) is 4.